The van der Waals surface area contributed by atoms with Gasteiger partial charge in [0, 0.05) is 25.3 Å². The highest BCUT2D eigenvalue weighted by Crippen LogP contribution is 2.23. The number of hydrogen-bond donors (Lipinski definition) is 0. The second kappa shape index (κ2) is 5.77. The van der Waals surface area contributed by atoms with E-state index in [0.717, 1.165) is 0 Å². The molecule has 94 valence electrons. The number of anilines is 1. The van der Waals surface area contributed by atoms with Gasteiger partial charge in [-0.15, -0.1) is 0 Å². The average molecular weight is 247 g/mol. The number of nitriles is 1. The first-order chi connectivity index (χ1) is 8.49. The van der Waals surface area contributed by atoms with Gasteiger partial charge in [0.2, 0.25) is 0 Å². The van der Waals surface area contributed by atoms with Gasteiger partial charge in [0.1, 0.15) is 0 Å². The summed E-state index contributed by atoms with van der Waals surface area (Å²) in [6.07, 6.45) is 0.462. The Balaban J connectivity index is 3.02. The van der Waals surface area contributed by atoms with Crippen LogP contribution in [0.1, 0.15) is 17.3 Å². The Kier molecular flexibility index (Phi) is 4.38. The third-order valence-corrected chi connectivity index (χ3v) is 2.54. The molecule has 18 heavy (non-hydrogen) atoms. The second-order valence-corrected chi connectivity index (χ2v) is 4.03. The van der Waals surface area contributed by atoms with E-state index in [0.29, 0.717) is 18.5 Å². The van der Waals surface area contributed by atoms with E-state index in [-0.39, 0.29) is 17.2 Å². The van der Waals surface area contributed by atoms with Gasteiger partial charge in [-0.1, -0.05) is 0 Å². The first kappa shape index (κ1) is 13.6. The van der Waals surface area contributed by atoms with Crippen LogP contribution in [0.5, 0.6) is 0 Å². The summed E-state index contributed by atoms with van der Waals surface area (Å²) in [4.78, 5) is 22.7. The smallest absolute Gasteiger partial charge is 0.280 e. The number of nitro groups is 1. The van der Waals surface area contributed by atoms with E-state index in [4.69, 9.17) is 5.26 Å². The SMILES string of the molecule is CC(C#N)CN(C)c1ccc([N+](=O)[O-])c(C=O)c1. The molecule has 0 N–H and O–H groups in total. The molecule has 0 radical (unpaired) electrons. The number of carbonyl (C=O) groups excluding carboxylic acids is 1. The molecule has 1 unspecified atom stereocenters. The van der Waals surface area contributed by atoms with Crippen molar-refractivity contribution in [3.63, 3.8) is 0 Å². The van der Waals surface area contributed by atoms with Crippen molar-refractivity contribution in [2.24, 2.45) is 5.92 Å². The average Bonchev–Trinajstić information content (AvgIpc) is 2.37. The van der Waals surface area contributed by atoms with Gasteiger partial charge in [-0.05, 0) is 19.1 Å². The molecule has 1 atom stereocenters. The van der Waals surface area contributed by atoms with E-state index in [1.165, 1.54) is 12.1 Å². The summed E-state index contributed by atoms with van der Waals surface area (Å²) < 4.78 is 0. The van der Waals surface area contributed by atoms with Crippen molar-refractivity contribution < 1.29 is 9.72 Å². The molecule has 0 aromatic heterocycles. The summed E-state index contributed by atoms with van der Waals surface area (Å²) in [5, 5.41) is 19.4. The Bertz CT molecular complexity index is 508. The fourth-order valence-electron chi connectivity index (χ4n) is 1.60. The van der Waals surface area contributed by atoms with Crippen molar-refractivity contribution in [2.45, 2.75) is 6.92 Å². The van der Waals surface area contributed by atoms with Crippen molar-refractivity contribution >= 4 is 17.7 Å². The summed E-state index contributed by atoms with van der Waals surface area (Å²) in [6, 6.07) is 6.42. The number of nitrogens with zero attached hydrogens (tertiary/aromatic N) is 3. The molecule has 0 bridgehead atoms. The Hall–Kier alpha value is -2.42. The van der Waals surface area contributed by atoms with E-state index >= 15 is 0 Å². The highest BCUT2D eigenvalue weighted by atomic mass is 16.6. The van der Waals surface area contributed by atoms with Gasteiger partial charge >= 0.3 is 0 Å². The van der Waals surface area contributed by atoms with Gasteiger partial charge in [0.25, 0.3) is 5.69 Å². The van der Waals surface area contributed by atoms with Crippen LogP contribution in [0.3, 0.4) is 0 Å². The van der Waals surface area contributed by atoms with Crippen molar-refractivity contribution in [1.29, 1.82) is 5.26 Å². The van der Waals surface area contributed by atoms with E-state index in [2.05, 4.69) is 6.07 Å². The van der Waals surface area contributed by atoms with Gasteiger partial charge in [-0.3, -0.25) is 14.9 Å². The molecule has 1 aromatic rings. The molecule has 0 spiro atoms. The lowest BCUT2D eigenvalue weighted by atomic mass is 10.1. The van der Waals surface area contributed by atoms with Gasteiger partial charge in [0.15, 0.2) is 6.29 Å². The fraction of sp³-hybridized carbons (Fsp3) is 0.333. The molecular weight excluding hydrogens is 234 g/mol. The molecule has 0 saturated carbocycles. The van der Waals surface area contributed by atoms with Crippen LogP contribution in [0.25, 0.3) is 0 Å². The molecule has 6 nitrogen and oxygen atoms in total. The highest BCUT2D eigenvalue weighted by molar-refractivity contribution is 5.83. The fourth-order valence-corrected chi connectivity index (χ4v) is 1.60. The first-order valence-corrected chi connectivity index (χ1v) is 5.34. The van der Waals surface area contributed by atoms with Crippen LogP contribution in [0.4, 0.5) is 11.4 Å². The lowest BCUT2D eigenvalue weighted by Crippen LogP contribution is -2.23. The van der Waals surface area contributed by atoms with Crippen molar-refractivity contribution in [3.8, 4) is 6.07 Å². The third-order valence-electron chi connectivity index (χ3n) is 2.54. The molecule has 0 aliphatic rings. The van der Waals surface area contributed by atoms with Crippen LogP contribution in [-0.2, 0) is 0 Å². The van der Waals surface area contributed by atoms with E-state index in [9.17, 15) is 14.9 Å². The molecule has 0 saturated heterocycles. The second-order valence-electron chi connectivity index (χ2n) is 4.03. The summed E-state index contributed by atoms with van der Waals surface area (Å²) in [5.41, 5.74) is 0.495. The lowest BCUT2D eigenvalue weighted by molar-refractivity contribution is -0.385. The molecule has 0 fully saturated rings. The predicted octanol–water partition coefficient (Wildman–Crippen LogP) is 2.00. The van der Waals surface area contributed by atoms with Crippen LogP contribution in [0.15, 0.2) is 18.2 Å². The summed E-state index contributed by atoms with van der Waals surface area (Å²) in [6.45, 7) is 2.27. The zero-order valence-corrected chi connectivity index (χ0v) is 10.2. The number of carbonyl (C=O) groups is 1. The maximum atomic E-state index is 10.8. The summed E-state index contributed by atoms with van der Waals surface area (Å²) in [5.74, 6) is -0.162. The Morgan fingerprint density at radius 3 is 2.78 bits per heavy atom. The minimum atomic E-state index is -0.592. The van der Waals surface area contributed by atoms with E-state index in [1.807, 2.05) is 0 Å². The molecular formula is C12H13N3O3. The van der Waals surface area contributed by atoms with Gasteiger partial charge in [-0.2, -0.15) is 5.26 Å². The lowest BCUT2D eigenvalue weighted by Gasteiger charge is -2.20. The Labute approximate surface area is 105 Å². The Morgan fingerprint density at radius 1 is 1.61 bits per heavy atom. The maximum absolute atomic E-state index is 10.8. The van der Waals surface area contributed by atoms with Crippen molar-refractivity contribution in [3.05, 3.63) is 33.9 Å². The number of hydrogen-bond acceptors (Lipinski definition) is 5. The van der Waals surface area contributed by atoms with Crippen molar-refractivity contribution in [1.82, 2.24) is 0 Å². The first-order valence-electron chi connectivity index (χ1n) is 5.34. The molecule has 6 heteroatoms. The third kappa shape index (κ3) is 3.04. The predicted molar refractivity (Wildman–Crippen MR) is 66.5 cm³/mol. The molecule has 0 aliphatic carbocycles. The van der Waals surface area contributed by atoms with Crippen LogP contribution in [-0.4, -0.2) is 24.8 Å². The molecule has 1 rings (SSSR count). The molecule has 1 aromatic carbocycles. The van der Waals surface area contributed by atoms with Gasteiger partial charge in [0.05, 0.1) is 22.5 Å². The largest absolute Gasteiger partial charge is 0.373 e. The highest BCUT2D eigenvalue weighted by Gasteiger charge is 2.15. The van der Waals surface area contributed by atoms with Crippen LogP contribution in [0, 0.1) is 27.4 Å². The molecule has 0 aliphatic heterocycles. The number of aldehydes is 1. The number of benzene rings is 1. The topological polar surface area (TPSA) is 87.2 Å². The number of nitro benzene ring substituents is 1. The number of rotatable bonds is 5. The Morgan fingerprint density at radius 2 is 2.28 bits per heavy atom. The van der Waals surface area contributed by atoms with Crippen molar-refractivity contribution in [2.75, 3.05) is 18.5 Å². The zero-order chi connectivity index (χ0) is 13.7. The van der Waals surface area contributed by atoms with Crippen LogP contribution < -0.4 is 4.90 Å². The van der Waals surface area contributed by atoms with Gasteiger partial charge in [-0.25, -0.2) is 0 Å². The minimum absolute atomic E-state index is 0.0361. The molecule has 0 amide bonds. The van der Waals surface area contributed by atoms with Gasteiger partial charge < -0.3 is 4.90 Å². The quantitative estimate of drug-likeness (QED) is 0.451. The minimum Gasteiger partial charge on any atom is -0.373 e. The molecule has 0 heterocycles. The summed E-state index contributed by atoms with van der Waals surface area (Å²) in [7, 11) is 1.77. The normalized spacial score (nSPS) is 11.4. The van der Waals surface area contributed by atoms with E-state index < -0.39 is 4.92 Å². The van der Waals surface area contributed by atoms with Crippen LogP contribution >= 0.6 is 0 Å². The van der Waals surface area contributed by atoms with Crippen LogP contribution in [0.2, 0.25) is 0 Å². The maximum Gasteiger partial charge on any atom is 0.280 e. The summed E-state index contributed by atoms with van der Waals surface area (Å²) >= 11 is 0. The standard InChI is InChI=1S/C12H13N3O3/c1-9(6-13)7-14(2)11-3-4-12(15(17)18)10(5-11)8-16/h3-5,8-9H,7H2,1-2H3. The zero-order valence-electron chi connectivity index (χ0n) is 10.2. The monoisotopic (exact) mass is 247 g/mol. The van der Waals surface area contributed by atoms with E-state index in [1.54, 1.807) is 24.9 Å².